The van der Waals surface area contributed by atoms with E-state index in [2.05, 4.69) is 0 Å². The van der Waals surface area contributed by atoms with Crippen LogP contribution in [0.2, 0.25) is 0 Å². The molecule has 0 aromatic rings. The van der Waals surface area contributed by atoms with Gasteiger partial charge in [0, 0.05) is 5.92 Å². The molecule has 0 saturated carbocycles. The Hall–Kier alpha value is -0.400. The Labute approximate surface area is 158 Å². The molecule has 10 atom stereocenters. The Balaban J connectivity index is 1.96. The van der Waals surface area contributed by atoms with E-state index in [1.54, 1.807) is 0 Å². The van der Waals surface area contributed by atoms with Gasteiger partial charge in [-0.25, -0.2) is 0 Å². The van der Waals surface area contributed by atoms with Crippen molar-refractivity contribution in [1.29, 1.82) is 0 Å². The third kappa shape index (κ3) is 5.57. The quantitative estimate of drug-likeness (QED) is 0.298. The van der Waals surface area contributed by atoms with Gasteiger partial charge in [0.25, 0.3) is 0 Å². The van der Waals surface area contributed by atoms with Crippen LogP contribution >= 0.6 is 0 Å². The zero-order valence-electron chi connectivity index (χ0n) is 16.0. The van der Waals surface area contributed by atoms with Crippen LogP contribution < -0.4 is 0 Å². The molecule has 2 saturated heterocycles. The van der Waals surface area contributed by atoms with Gasteiger partial charge in [0.05, 0.1) is 24.9 Å². The third-order valence-electron chi connectivity index (χ3n) is 4.81. The number of aliphatic hydroxyl groups excluding tert-OH is 6. The molecule has 0 aromatic heterocycles. The van der Waals surface area contributed by atoms with Gasteiger partial charge in [-0.2, -0.15) is 0 Å². The molecule has 0 radical (unpaired) electrons. The van der Waals surface area contributed by atoms with Crippen LogP contribution in [0.4, 0.5) is 0 Å². The molecule has 0 bridgehead atoms. The molecule has 10 heteroatoms. The van der Waals surface area contributed by atoms with E-state index in [9.17, 15) is 30.6 Å². The Bertz CT molecular complexity index is 469. The fourth-order valence-corrected chi connectivity index (χ4v) is 2.93. The van der Waals surface area contributed by atoms with Crippen LogP contribution in [-0.2, 0) is 18.9 Å². The summed E-state index contributed by atoms with van der Waals surface area (Å²) in [5.41, 5.74) is -0.497. The van der Waals surface area contributed by atoms with Crippen LogP contribution in [0.5, 0.6) is 0 Å². The first-order valence-corrected chi connectivity index (χ1v) is 9.07. The summed E-state index contributed by atoms with van der Waals surface area (Å²) in [6.07, 6.45) is -11.6. The molecule has 27 heavy (non-hydrogen) atoms. The standard InChI is InChI=1S/C17H32O10/c1-7-10(18)11(19)8(26-15(7)23)5-24-16-14(22)13(21)12(20)9(27-16)6-25-17(2,3)4/h7-16,18-23H,5-6H2,1-4H3. The number of hydrogen-bond acceptors (Lipinski definition) is 10. The summed E-state index contributed by atoms with van der Waals surface area (Å²) in [5.74, 6) is -0.677. The van der Waals surface area contributed by atoms with Gasteiger partial charge in [-0.05, 0) is 20.8 Å². The predicted molar refractivity (Wildman–Crippen MR) is 90.4 cm³/mol. The third-order valence-corrected chi connectivity index (χ3v) is 4.81. The Morgan fingerprint density at radius 1 is 0.741 bits per heavy atom. The molecule has 0 aliphatic carbocycles. The van der Waals surface area contributed by atoms with Crippen molar-refractivity contribution in [3.8, 4) is 0 Å². The van der Waals surface area contributed by atoms with E-state index < -0.39 is 66.8 Å². The van der Waals surface area contributed by atoms with E-state index >= 15 is 0 Å². The molecular formula is C17H32O10. The SMILES string of the molecule is CC1C(O)OC(COC2OC(COC(C)(C)C)C(O)C(O)C2O)C(O)C1O. The summed E-state index contributed by atoms with van der Waals surface area (Å²) >= 11 is 0. The van der Waals surface area contributed by atoms with Crippen LogP contribution in [-0.4, -0.2) is 105 Å². The van der Waals surface area contributed by atoms with Crippen molar-refractivity contribution in [1.82, 2.24) is 0 Å². The van der Waals surface area contributed by atoms with Crippen molar-refractivity contribution >= 4 is 0 Å². The molecule has 10 nitrogen and oxygen atoms in total. The molecule has 2 aliphatic rings. The predicted octanol–water partition coefficient (Wildman–Crippen LogP) is -2.30. The van der Waals surface area contributed by atoms with Crippen LogP contribution in [0.25, 0.3) is 0 Å². The molecule has 10 unspecified atom stereocenters. The van der Waals surface area contributed by atoms with Crippen LogP contribution in [0.1, 0.15) is 27.7 Å². The number of aliphatic hydroxyl groups is 6. The van der Waals surface area contributed by atoms with E-state index in [1.165, 1.54) is 6.92 Å². The molecule has 2 rings (SSSR count). The van der Waals surface area contributed by atoms with Crippen molar-refractivity contribution in [3.63, 3.8) is 0 Å². The maximum Gasteiger partial charge on any atom is 0.186 e. The summed E-state index contributed by atoms with van der Waals surface area (Å²) in [4.78, 5) is 0. The highest BCUT2D eigenvalue weighted by Crippen LogP contribution is 2.27. The fraction of sp³-hybridized carbons (Fsp3) is 1.00. The fourth-order valence-electron chi connectivity index (χ4n) is 2.93. The van der Waals surface area contributed by atoms with Crippen molar-refractivity contribution in [2.75, 3.05) is 13.2 Å². The van der Waals surface area contributed by atoms with Crippen LogP contribution in [0.3, 0.4) is 0 Å². The first-order chi connectivity index (χ1) is 12.4. The summed E-state index contributed by atoms with van der Waals surface area (Å²) in [5, 5.41) is 60.0. The van der Waals surface area contributed by atoms with Crippen molar-refractivity contribution in [2.45, 2.75) is 88.6 Å². The van der Waals surface area contributed by atoms with Gasteiger partial charge >= 0.3 is 0 Å². The Morgan fingerprint density at radius 2 is 1.30 bits per heavy atom. The lowest BCUT2D eigenvalue weighted by Gasteiger charge is -2.42. The monoisotopic (exact) mass is 396 g/mol. The first kappa shape index (κ1) is 22.9. The molecule has 0 spiro atoms. The zero-order chi connectivity index (χ0) is 20.5. The lowest BCUT2D eigenvalue weighted by molar-refractivity contribution is -0.323. The van der Waals surface area contributed by atoms with Gasteiger partial charge in [-0.15, -0.1) is 0 Å². The van der Waals surface area contributed by atoms with Gasteiger partial charge in [0.15, 0.2) is 12.6 Å². The van der Waals surface area contributed by atoms with E-state index in [0.717, 1.165) is 0 Å². The molecule has 0 aromatic carbocycles. The summed E-state index contributed by atoms with van der Waals surface area (Å²) < 4.78 is 21.7. The summed E-state index contributed by atoms with van der Waals surface area (Å²) in [6.45, 7) is 6.63. The minimum Gasteiger partial charge on any atom is -0.390 e. The molecule has 160 valence electrons. The molecular weight excluding hydrogens is 364 g/mol. The Morgan fingerprint density at radius 3 is 1.89 bits per heavy atom. The summed E-state index contributed by atoms with van der Waals surface area (Å²) in [7, 11) is 0. The zero-order valence-corrected chi connectivity index (χ0v) is 16.0. The molecule has 0 amide bonds. The van der Waals surface area contributed by atoms with E-state index in [0.29, 0.717) is 0 Å². The first-order valence-electron chi connectivity index (χ1n) is 9.07. The number of ether oxygens (including phenoxy) is 4. The number of hydrogen-bond donors (Lipinski definition) is 6. The molecule has 2 aliphatic heterocycles. The largest absolute Gasteiger partial charge is 0.390 e. The lowest BCUT2D eigenvalue weighted by Crippen LogP contribution is -2.60. The van der Waals surface area contributed by atoms with Gasteiger partial charge < -0.3 is 49.6 Å². The average molecular weight is 396 g/mol. The smallest absolute Gasteiger partial charge is 0.186 e. The van der Waals surface area contributed by atoms with Crippen molar-refractivity contribution in [2.24, 2.45) is 5.92 Å². The van der Waals surface area contributed by atoms with Gasteiger partial charge in [-0.1, -0.05) is 6.92 Å². The second kappa shape index (κ2) is 8.95. The second-order valence-corrected chi connectivity index (χ2v) is 8.18. The number of rotatable bonds is 5. The molecule has 6 N–H and O–H groups in total. The molecule has 2 heterocycles. The van der Waals surface area contributed by atoms with E-state index in [-0.39, 0.29) is 13.2 Å². The highest BCUT2D eigenvalue weighted by Gasteiger charge is 2.46. The topological polar surface area (TPSA) is 158 Å². The van der Waals surface area contributed by atoms with Gasteiger partial charge in [0.2, 0.25) is 0 Å². The maximum absolute atomic E-state index is 10.1. The molecule has 2 fully saturated rings. The van der Waals surface area contributed by atoms with E-state index in [1.807, 2.05) is 20.8 Å². The van der Waals surface area contributed by atoms with Crippen LogP contribution in [0.15, 0.2) is 0 Å². The minimum absolute atomic E-state index is 0.0359. The van der Waals surface area contributed by atoms with Crippen molar-refractivity contribution < 1.29 is 49.6 Å². The van der Waals surface area contributed by atoms with Crippen LogP contribution in [0, 0.1) is 5.92 Å². The highest BCUT2D eigenvalue weighted by molar-refractivity contribution is 4.91. The van der Waals surface area contributed by atoms with Gasteiger partial charge in [0.1, 0.15) is 36.6 Å². The van der Waals surface area contributed by atoms with E-state index in [4.69, 9.17) is 18.9 Å². The normalized spacial score (nSPS) is 46.4. The van der Waals surface area contributed by atoms with Gasteiger partial charge in [-0.3, -0.25) is 0 Å². The maximum atomic E-state index is 10.1. The average Bonchev–Trinajstić information content (AvgIpc) is 2.59. The highest BCUT2D eigenvalue weighted by atomic mass is 16.7. The lowest BCUT2D eigenvalue weighted by atomic mass is 9.92. The Kier molecular flexibility index (Phi) is 7.59. The summed E-state index contributed by atoms with van der Waals surface area (Å²) in [6, 6.07) is 0. The second-order valence-electron chi connectivity index (χ2n) is 8.18. The van der Waals surface area contributed by atoms with Crippen molar-refractivity contribution in [3.05, 3.63) is 0 Å². The minimum atomic E-state index is -1.54.